The zero-order valence-electron chi connectivity index (χ0n) is 11.7. The van der Waals surface area contributed by atoms with Gasteiger partial charge in [0.2, 0.25) is 0 Å². The lowest BCUT2D eigenvalue weighted by Gasteiger charge is -2.12. The molecule has 0 N–H and O–H groups in total. The molecule has 108 valence electrons. The first-order valence-electron chi connectivity index (χ1n) is 6.58. The second-order valence-electron chi connectivity index (χ2n) is 5.05. The van der Waals surface area contributed by atoms with E-state index >= 15 is 0 Å². The maximum absolute atomic E-state index is 12.4. The van der Waals surface area contributed by atoms with Crippen molar-refractivity contribution >= 4 is 38.4 Å². The van der Waals surface area contributed by atoms with Crippen molar-refractivity contribution in [3.8, 4) is 0 Å². The van der Waals surface area contributed by atoms with E-state index in [0.717, 1.165) is 26.5 Å². The zero-order chi connectivity index (χ0) is 15.1. The number of hydrogen-bond donors (Lipinski definition) is 0. The Balaban J connectivity index is 2.28. The number of rotatable bonds is 2. The van der Waals surface area contributed by atoms with Crippen LogP contribution in [0.25, 0.3) is 10.9 Å². The molecular formula is C16H14BrClN2O. The van der Waals surface area contributed by atoms with Crippen LogP contribution in [0.1, 0.15) is 11.1 Å². The maximum Gasteiger partial charge on any atom is 0.274 e. The van der Waals surface area contributed by atoms with Gasteiger partial charge in [-0.1, -0.05) is 45.7 Å². The van der Waals surface area contributed by atoms with Crippen LogP contribution in [-0.2, 0) is 13.6 Å². The van der Waals surface area contributed by atoms with Crippen molar-refractivity contribution in [3.63, 3.8) is 0 Å². The second kappa shape index (κ2) is 5.35. The van der Waals surface area contributed by atoms with Crippen LogP contribution in [0.5, 0.6) is 0 Å². The van der Waals surface area contributed by atoms with Gasteiger partial charge in [-0.15, -0.1) is 0 Å². The lowest BCUT2D eigenvalue weighted by molar-refractivity contribution is 0.553. The fourth-order valence-corrected chi connectivity index (χ4v) is 3.10. The van der Waals surface area contributed by atoms with Gasteiger partial charge in [0.1, 0.15) is 0 Å². The van der Waals surface area contributed by atoms with Crippen LogP contribution in [0.4, 0.5) is 0 Å². The largest absolute Gasteiger partial charge is 0.277 e. The maximum atomic E-state index is 12.4. The van der Waals surface area contributed by atoms with Crippen molar-refractivity contribution in [2.75, 3.05) is 0 Å². The van der Waals surface area contributed by atoms with Crippen LogP contribution >= 0.6 is 27.5 Å². The van der Waals surface area contributed by atoms with Crippen LogP contribution in [0.15, 0.2) is 45.7 Å². The molecule has 0 aliphatic carbocycles. The topological polar surface area (TPSA) is 26.9 Å². The summed E-state index contributed by atoms with van der Waals surface area (Å²) in [4.78, 5) is 12.4. The first-order chi connectivity index (χ1) is 10.0. The predicted molar refractivity (Wildman–Crippen MR) is 90.2 cm³/mol. The van der Waals surface area contributed by atoms with Gasteiger partial charge in [-0.3, -0.25) is 14.2 Å². The van der Waals surface area contributed by atoms with Crippen molar-refractivity contribution in [3.05, 3.63) is 67.4 Å². The van der Waals surface area contributed by atoms with Crippen molar-refractivity contribution in [1.29, 1.82) is 0 Å². The summed E-state index contributed by atoms with van der Waals surface area (Å²) in [6.07, 6.45) is 0. The van der Waals surface area contributed by atoms with Gasteiger partial charge < -0.3 is 0 Å². The third-order valence-electron chi connectivity index (χ3n) is 3.79. The molecule has 0 saturated heterocycles. The van der Waals surface area contributed by atoms with E-state index in [1.807, 2.05) is 48.0 Å². The van der Waals surface area contributed by atoms with Crippen LogP contribution in [-0.4, -0.2) is 9.36 Å². The van der Waals surface area contributed by atoms with E-state index in [-0.39, 0.29) is 5.56 Å². The molecule has 3 nitrogen and oxygen atoms in total. The van der Waals surface area contributed by atoms with Crippen LogP contribution in [0.3, 0.4) is 0 Å². The first-order valence-corrected chi connectivity index (χ1v) is 7.76. The normalized spacial score (nSPS) is 11.2. The average Bonchev–Trinajstić information content (AvgIpc) is 2.71. The third-order valence-corrected chi connectivity index (χ3v) is 5.02. The van der Waals surface area contributed by atoms with E-state index < -0.39 is 0 Å². The van der Waals surface area contributed by atoms with E-state index in [1.165, 1.54) is 0 Å². The molecule has 3 aromatic rings. The molecule has 3 rings (SSSR count). The summed E-state index contributed by atoms with van der Waals surface area (Å²) >= 11 is 9.78. The molecule has 0 spiro atoms. The van der Waals surface area contributed by atoms with Crippen molar-refractivity contribution in [2.24, 2.45) is 7.05 Å². The molecule has 0 unspecified atom stereocenters. The Kier molecular flexibility index (Phi) is 3.68. The highest BCUT2D eigenvalue weighted by Crippen LogP contribution is 2.26. The highest BCUT2D eigenvalue weighted by molar-refractivity contribution is 9.10. The Morgan fingerprint density at radius 3 is 2.62 bits per heavy atom. The second-order valence-corrected chi connectivity index (χ2v) is 6.31. The number of nitrogens with zero attached hydrogens (tertiary/aromatic N) is 2. The minimum absolute atomic E-state index is 0.00709. The number of benzene rings is 2. The molecule has 0 aliphatic rings. The Bertz CT molecular complexity index is 895. The van der Waals surface area contributed by atoms with E-state index in [1.54, 1.807) is 11.7 Å². The molecule has 2 aromatic carbocycles. The Hall–Kier alpha value is -1.52. The molecule has 0 fully saturated rings. The lowest BCUT2D eigenvalue weighted by Crippen LogP contribution is -2.19. The molecule has 0 amide bonds. The Labute approximate surface area is 135 Å². The number of aromatic nitrogens is 2. The number of halogens is 2. The SMILES string of the molecule is Cc1c(Br)ccc2c(=O)n(C)n(Cc3ccccc3Cl)c12. The van der Waals surface area contributed by atoms with E-state index in [9.17, 15) is 4.79 Å². The van der Waals surface area contributed by atoms with Gasteiger partial charge in [0, 0.05) is 16.5 Å². The summed E-state index contributed by atoms with van der Waals surface area (Å²) in [6.45, 7) is 2.57. The summed E-state index contributed by atoms with van der Waals surface area (Å²) < 4.78 is 4.61. The Morgan fingerprint density at radius 1 is 1.19 bits per heavy atom. The Morgan fingerprint density at radius 2 is 1.90 bits per heavy atom. The molecule has 1 aromatic heterocycles. The zero-order valence-corrected chi connectivity index (χ0v) is 14.1. The van der Waals surface area contributed by atoms with Gasteiger partial charge in [0.15, 0.2) is 0 Å². The van der Waals surface area contributed by atoms with Gasteiger partial charge in [-0.25, -0.2) is 0 Å². The van der Waals surface area contributed by atoms with Gasteiger partial charge >= 0.3 is 0 Å². The van der Waals surface area contributed by atoms with Crippen molar-refractivity contribution < 1.29 is 0 Å². The quantitative estimate of drug-likeness (QED) is 0.671. The van der Waals surface area contributed by atoms with Crippen molar-refractivity contribution in [1.82, 2.24) is 9.36 Å². The summed E-state index contributed by atoms with van der Waals surface area (Å²) in [7, 11) is 1.78. The lowest BCUT2D eigenvalue weighted by atomic mass is 10.1. The van der Waals surface area contributed by atoms with Gasteiger partial charge in [-0.2, -0.15) is 0 Å². The summed E-state index contributed by atoms with van der Waals surface area (Å²) in [6, 6.07) is 11.5. The molecule has 0 radical (unpaired) electrons. The summed E-state index contributed by atoms with van der Waals surface area (Å²) in [5.74, 6) is 0. The number of fused-ring (bicyclic) bond motifs is 1. The number of hydrogen-bond acceptors (Lipinski definition) is 1. The molecule has 0 atom stereocenters. The smallest absolute Gasteiger partial charge is 0.274 e. The molecule has 5 heteroatoms. The fraction of sp³-hybridized carbons (Fsp3) is 0.188. The van der Waals surface area contributed by atoms with E-state index in [2.05, 4.69) is 15.9 Å². The average molecular weight is 366 g/mol. The van der Waals surface area contributed by atoms with Gasteiger partial charge in [-0.05, 0) is 36.2 Å². The van der Waals surface area contributed by atoms with Gasteiger partial charge in [0.25, 0.3) is 5.56 Å². The van der Waals surface area contributed by atoms with E-state index in [4.69, 9.17) is 11.6 Å². The van der Waals surface area contributed by atoms with Gasteiger partial charge in [0.05, 0.1) is 17.4 Å². The molecule has 0 aliphatic heterocycles. The highest BCUT2D eigenvalue weighted by Gasteiger charge is 2.15. The first kappa shape index (κ1) is 14.4. The summed E-state index contributed by atoms with van der Waals surface area (Å²) in [5.41, 5.74) is 2.99. The third kappa shape index (κ3) is 2.32. The minimum atomic E-state index is 0.00709. The molecule has 0 saturated carbocycles. The fourth-order valence-electron chi connectivity index (χ4n) is 2.59. The van der Waals surface area contributed by atoms with Crippen LogP contribution in [0.2, 0.25) is 5.02 Å². The molecule has 0 bridgehead atoms. The van der Waals surface area contributed by atoms with Crippen LogP contribution < -0.4 is 5.56 Å². The van der Waals surface area contributed by atoms with E-state index in [0.29, 0.717) is 11.6 Å². The monoisotopic (exact) mass is 364 g/mol. The molecule has 1 heterocycles. The van der Waals surface area contributed by atoms with Crippen LogP contribution in [0, 0.1) is 6.92 Å². The molecule has 21 heavy (non-hydrogen) atoms. The molecular weight excluding hydrogens is 352 g/mol. The van der Waals surface area contributed by atoms with Crippen molar-refractivity contribution in [2.45, 2.75) is 13.5 Å². The minimum Gasteiger partial charge on any atom is -0.277 e. The predicted octanol–water partition coefficient (Wildman–Crippen LogP) is 4.11. The number of aryl methyl sites for hydroxylation is 1. The summed E-state index contributed by atoms with van der Waals surface area (Å²) in [5, 5.41) is 1.43. The highest BCUT2D eigenvalue weighted by atomic mass is 79.9. The standard InChI is InChI=1S/C16H14BrClN2O/c1-10-13(17)8-7-12-15(10)20(19(2)16(12)21)9-11-5-3-4-6-14(11)18/h3-8H,9H2,1-2H3.